The van der Waals surface area contributed by atoms with Gasteiger partial charge in [0.25, 0.3) is 17.3 Å². The second kappa shape index (κ2) is 10.9. The molecule has 0 aromatic heterocycles. The first-order chi connectivity index (χ1) is 16.7. The van der Waals surface area contributed by atoms with Gasteiger partial charge in [0.2, 0.25) is 0 Å². The topological polar surface area (TPSA) is 163 Å². The van der Waals surface area contributed by atoms with Gasteiger partial charge in [-0.3, -0.25) is 25.0 Å². The lowest BCUT2D eigenvalue weighted by molar-refractivity contribution is -0.385. The van der Waals surface area contributed by atoms with E-state index in [9.17, 15) is 29.8 Å². The highest BCUT2D eigenvalue weighted by Crippen LogP contribution is 2.27. The average molecular weight is 499 g/mol. The van der Waals surface area contributed by atoms with Gasteiger partial charge >= 0.3 is 5.97 Å². The van der Waals surface area contributed by atoms with E-state index < -0.39 is 21.7 Å². The monoisotopic (exact) mass is 498 g/mol. The molecule has 178 valence electrons. The second-order valence-corrected chi connectivity index (χ2v) is 7.15. The molecule has 0 saturated carbocycles. The van der Waals surface area contributed by atoms with E-state index in [0.29, 0.717) is 0 Å². The number of nitro groups is 2. The first-order valence-electron chi connectivity index (χ1n) is 9.61. The van der Waals surface area contributed by atoms with Gasteiger partial charge in [0, 0.05) is 40.4 Å². The number of esters is 1. The van der Waals surface area contributed by atoms with Crippen LogP contribution < -0.4 is 14.9 Å². The second-order valence-electron chi connectivity index (χ2n) is 6.72. The lowest BCUT2D eigenvalue weighted by Crippen LogP contribution is -2.17. The Bertz CT molecular complexity index is 1340. The van der Waals surface area contributed by atoms with Crippen LogP contribution in [0.2, 0.25) is 5.02 Å². The number of nitro benzene ring substituents is 2. The van der Waals surface area contributed by atoms with Crippen molar-refractivity contribution in [2.24, 2.45) is 5.10 Å². The molecule has 3 aromatic rings. The summed E-state index contributed by atoms with van der Waals surface area (Å²) in [5.41, 5.74) is 1.82. The molecule has 0 aliphatic heterocycles. The number of nitrogens with zero attached hydrogens (tertiary/aromatic N) is 3. The molecule has 0 aliphatic carbocycles. The van der Waals surface area contributed by atoms with E-state index >= 15 is 0 Å². The summed E-state index contributed by atoms with van der Waals surface area (Å²) in [5, 5.41) is 25.9. The van der Waals surface area contributed by atoms with Crippen LogP contribution in [-0.4, -0.2) is 35.0 Å². The normalized spacial score (nSPS) is 10.6. The van der Waals surface area contributed by atoms with Gasteiger partial charge in [-0.2, -0.15) is 5.10 Å². The third-order valence-electron chi connectivity index (χ3n) is 4.50. The summed E-state index contributed by atoms with van der Waals surface area (Å²) in [5.74, 6) is -1.42. The lowest BCUT2D eigenvalue weighted by atomic mass is 10.1. The first-order valence-corrected chi connectivity index (χ1v) is 9.99. The van der Waals surface area contributed by atoms with Crippen LogP contribution in [0.1, 0.15) is 26.3 Å². The van der Waals surface area contributed by atoms with Crippen molar-refractivity contribution in [3.8, 4) is 11.5 Å². The number of carbonyl (C=O) groups excluding carboxylic acids is 2. The molecule has 0 spiro atoms. The molecule has 1 amide bonds. The number of halogens is 1. The summed E-state index contributed by atoms with van der Waals surface area (Å²) in [4.78, 5) is 45.6. The van der Waals surface area contributed by atoms with E-state index in [1.165, 1.54) is 43.5 Å². The molecule has 0 aliphatic rings. The lowest BCUT2D eigenvalue weighted by Gasteiger charge is -2.10. The van der Waals surface area contributed by atoms with Gasteiger partial charge in [0.1, 0.15) is 17.1 Å². The van der Waals surface area contributed by atoms with Crippen LogP contribution in [0, 0.1) is 20.2 Å². The van der Waals surface area contributed by atoms with E-state index in [4.69, 9.17) is 21.1 Å². The van der Waals surface area contributed by atoms with Crippen molar-refractivity contribution in [3.63, 3.8) is 0 Å². The molecule has 0 fully saturated rings. The largest absolute Gasteiger partial charge is 0.496 e. The fourth-order valence-electron chi connectivity index (χ4n) is 2.80. The zero-order valence-electron chi connectivity index (χ0n) is 17.8. The Morgan fingerprint density at radius 2 is 1.57 bits per heavy atom. The number of non-ortho nitro benzene ring substituents is 2. The molecule has 35 heavy (non-hydrogen) atoms. The maximum Gasteiger partial charge on any atom is 0.347 e. The number of amides is 1. The highest BCUT2D eigenvalue weighted by atomic mass is 35.5. The molecule has 0 radical (unpaired) electrons. The van der Waals surface area contributed by atoms with Crippen molar-refractivity contribution < 1.29 is 28.9 Å². The highest BCUT2D eigenvalue weighted by molar-refractivity contribution is 6.31. The van der Waals surface area contributed by atoms with Gasteiger partial charge in [0.15, 0.2) is 0 Å². The SMILES string of the molecule is COc1ccc(Cl)cc1C(=O)Oc1ccc([N+](=O)[O-])cc1/C=N/NC(=O)c1ccc([N+](=O)[O-])cc1. The Labute approximate surface area is 202 Å². The van der Waals surface area contributed by atoms with E-state index in [1.54, 1.807) is 0 Å². The maximum atomic E-state index is 12.7. The van der Waals surface area contributed by atoms with Gasteiger partial charge in [-0.25, -0.2) is 10.2 Å². The number of carbonyl (C=O) groups is 2. The van der Waals surface area contributed by atoms with Crippen LogP contribution >= 0.6 is 11.6 Å². The number of hydrazone groups is 1. The van der Waals surface area contributed by atoms with Gasteiger partial charge in [0.05, 0.1) is 23.2 Å². The zero-order chi connectivity index (χ0) is 25.5. The standard InChI is InChI=1S/C22H15ClN4O8/c1-34-20-8-4-15(23)11-18(20)22(29)35-19-9-7-17(27(32)33)10-14(19)12-24-25-21(28)13-2-5-16(6-3-13)26(30)31/h2-12H,1H3,(H,25,28)/b24-12+. The van der Waals surface area contributed by atoms with E-state index in [1.807, 2.05) is 0 Å². The van der Waals surface area contributed by atoms with Crippen molar-refractivity contribution in [2.45, 2.75) is 0 Å². The van der Waals surface area contributed by atoms with Gasteiger partial charge in [-0.1, -0.05) is 11.6 Å². The number of hydrogen-bond donors (Lipinski definition) is 1. The minimum absolute atomic E-state index is 0.0116. The third kappa shape index (κ3) is 6.15. The summed E-state index contributed by atoms with van der Waals surface area (Å²) in [7, 11) is 1.36. The average Bonchev–Trinajstić information content (AvgIpc) is 2.84. The molecule has 0 unspecified atom stereocenters. The fraction of sp³-hybridized carbons (Fsp3) is 0.0455. The minimum Gasteiger partial charge on any atom is -0.496 e. The Morgan fingerprint density at radius 3 is 2.20 bits per heavy atom. The molecule has 3 rings (SSSR count). The van der Waals surface area contributed by atoms with Gasteiger partial charge in [-0.15, -0.1) is 0 Å². The van der Waals surface area contributed by atoms with Crippen LogP contribution in [0.5, 0.6) is 11.5 Å². The predicted molar refractivity (Wildman–Crippen MR) is 124 cm³/mol. The minimum atomic E-state index is -0.845. The fourth-order valence-corrected chi connectivity index (χ4v) is 2.97. The molecular weight excluding hydrogens is 484 g/mol. The van der Waals surface area contributed by atoms with Crippen molar-refractivity contribution >= 4 is 41.1 Å². The van der Waals surface area contributed by atoms with Crippen LogP contribution in [0.15, 0.2) is 65.8 Å². The number of rotatable bonds is 8. The summed E-state index contributed by atoms with van der Waals surface area (Å²) in [6, 6.07) is 12.5. The molecular formula is C22H15ClN4O8. The zero-order valence-corrected chi connectivity index (χ0v) is 18.6. The third-order valence-corrected chi connectivity index (χ3v) is 4.73. The Morgan fingerprint density at radius 1 is 0.943 bits per heavy atom. The molecule has 0 heterocycles. The quantitative estimate of drug-likeness (QED) is 0.159. The van der Waals surface area contributed by atoms with Crippen LogP contribution in [0.4, 0.5) is 11.4 Å². The Kier molecular flexibility index (Phi) is 7.69. The summed E-state index contributed by atoms with van der Waals surface area (Å²) < 4.78 is 10.5. The van der Waals surface area contributed by atoms with E-state index in [-0.39, 0.29) is 44.6 Å². The first kappa shape index (κ1) is 24.8. The van der Waals surface area contributed by atoms with Crippen molar-refractivity contribution in [1.82, 2.24) is 5.43 Å². The number of methoxy groups -OCH3 is 1. The molecule has 0 bridgehead atoms. The summed E-state index contributed by atoms with van der Waals surface area (Å²) >= 11 is 5.95. The maximum absolute atomic E-state index is 12.7. The van der Waals surface area contributed by atoms with Gasteiger partial charge in [-0.05, 0) is 36.4 Å². The summed E-state index contributed by atoms with van der Waals surface area (Å²) in [6.45, 7) is 0. The molecule has 13 heteroatoms. The predicted octanol–water partition coefficient (Wildman–Crippen LogP) is 4.15. The number of hydrogen-bond acceptors (Lipinski definition) is 9. The molecule has 3 aromatic carbocycles. The van der Waals surface area contributed by atoms with Crippen LogP contribution in [0.3, 0.4) is 0 Å². The number of ether oxygens (including phenoxy) is 2. The summed E-state index contributed by atoms with van der Waals surface area (Å²) in [6.07, 6.45) is 1.05. The van der Waals surface area contributed by atoms with Crippen molar-refractivity contribution in [2.75, 3.05) is 7.11 Å². The number of benzene rings is 3. The molecule has 0 saturated heterocycles. The molecule has 0 atom stereocenters. The van der Waals surface area contributed by atoms with Crippen molar-refractivity contribution in [1.29, 1.82) is 0 Å². The van der Waals surface area contributed by atoms with Crippen LogP contribution in [0.25, 0.3) is 0 Å². The molecule has 1 N–H and O–H groups in total. The van der Waals surface area contributed by atoms with Crippen molar-refractivity contribution in [3.05, 3.63) is 103 Å². The molecule has 12 nitrogen and oxygen atoms in total. The van der Waals surface area contributed by atoms with E-state index in [0.717, 1.165) is 30.5 Å². The Balaban J connectivity index is 1.83. The van der Waals surface area contributed by atoms with Crippen LogP contribution in [-0.2, 0) is 0 Å². The highest BCUT2D eigenvalue weighted by Gasteiger charge is 2.19. The number of nitrogens with one attached hydrogen (secondary N) is 1. The van der Waals surface area contributed by atoms with E-state index in [2.05, 4.69) is 10.5 Å². The van der Waals surface area contributed by atoms with Gasteiger partial charge < -0.3 is 9.47 Å². The Hall–Kier alpha value is -4.84. The smallest absolute Gasteiger partial charge is 0.347 e.